The Morgan fingerprint density at radius 3 is 2.13 bits per heavy atom. The van der Waals surface area contributed by atoms with Crippen molar-refractivity contribution in [2.45, 2.75) is 4.90 Å². The molecule has 0 amide bonds. The molecular weight excluding hydrogens is 552 g/mol. The molecule has 0 aliphatic heterocycles. The molecule has 3 rings (SSSR count). The maximum Gasteiger partial charge on any atom is 0.339 e. The first-order chi connectivity index (χ1) is 14.7. The Labute approximate surface area is 195 Å². The van der Waals surface area contributed by atoms with Crippen molar-refractivity contribution >= 4 is 59.3 Å². The summed E-state index contributed by atoms with van der Waals surface area (Å²) in [6.07, 6.45) is 1.58. The van der Waals surface area contributed by atoms with E-state index in [9.17, 15) is 23.8 Å². The number of nitro benzene ring substituents is 1. The third-order valence-electron chi connectivity index (χ3n) is 4.07. The first-order valence-electron chi connectivity index (χ1n) is 8.56. The van der Waals surface area contributed by atoms with Gasteiger partial charge in [0.1, 0.15) is 4.90 Å². The van der Waals surface area contributed by atoms with Crippen LogP contribution >= 0.6 is 31.9 Å². The molecule has 0 saturated heterocycles. The normalized spacial score (nSPS) is 11.6. The number of hydrogen-bond donors (Lipinski definition) is 0. The van der Waals surface area contributed by atoms with Gasteiger partial charge < -0.3 is 4.18 Å². The summed E-state index contributed by atoms with van der Waals surface area (Å²) in [6, 6.07) is 18.6. The Morgan fingerprint density at radius 2 is 1.61 bits per heavy atom. The lowest BCUT2D eigenvalue weighted by Crippen LogP contribution is -2.10. The number of hydrogen-bond acceptors (Lipinski definition) is 6. The van der Waals surface area contributed by atoms with Gasteiger partial charge in [-0.05, 0) is 85.5 Å². The number of allylic oxidation sites excluding steroid dienone is 1. The first-order valence-corrected chi connectivity index (χ1v) is 11.6. The summed E-state index contributed by atoms with van der Waals surface area (Å²) in [5, 5.41) is 20.3. The van der Waals surface area contributed by atoms with Crippen molar-refractivity contribution in [1.29, 1.82) is 5.26 Å². The topological polar surface area (TPSA) is 110 Å². The molecule has 7 nitrogen and oxygen atoms in total. The third-order valence-corrected chi connectivity index (χ3v) is 6.48. The van der Waals surface area contributed by atoms with Gasteiger partial charge in [0.2, 0.25) is 0 Å². The molecule has 0 spiro atoms. The van der Waals surface area contributed by atoms with E-state index in [1.807, 2.05) is 0 Å². The van der Waals surface area contributed by atoms with Crippen LogP contribution in [0.1, 0.15) is 11.1 Å². The number of rotatable bonds is 6. The van der Waals surface area contributed by atoms with Crippen molar-refractivity contribution in [2.24, 2.45) is 0 Å². The quantitative estimate of drug-likeness (QED) is 0.120. The van der Waals surface area contributed by atoms with Gasteiger partial charge in [-0.1, -0.05) is 18.2 Å². The highest BCUT2D eigenvalue weighted by Gasteiger charge is 2.20. The molecule has 0 aromatic heterocycles. The minimum atomic E-state index is -4.04. The second-order valence-electron chi connectivity index (χ2n) is 6.14. The van der Waals surface area contributed by atoms with Gasteiger partial charge in [-0.3, -0.25) is 10.1 Å². The van der Waals surface area contributed by atoms with Crippen molar-refractivity contribution in [3.05, 3.63) is 96.9 Å². The molecule has 10 heteroatoms. The van der Waals surface area contributed by atoms with E-state index in [1.54, 1.807) is 36.4 Å². The van der Waals surface area contributed by atoms with Crippen LogP contribution in [0.3, 0.4) is 0 Å². The van der Waals surface area contributed by atoms with E-state index >= 15 is 0 Å². The van der Waals surface area contributed by atoms with E-state index in [4.69, 9.17) is 4.18 Å². The molecule has 0 aliphatic carbocycles. The fourth-order valence-corrected chi connectivity index (χ4v) is 5.18. The zero-order valence-corrected chi connectivity index (χ0v) is 19.5. The van der Waals surface area contributed by atoms with Crippen molar-refractivity contribution < 1.29 is 17.5 Å². The zero-order valence-electron chi connectivity index (χ0n) is 15.5. The van der Waals surface area contributed by atoms with Crippen LogP contribution in [0.4, 0.5) is 5.69 Å². The second kappa shape index (κ2) is 9.43. The van der Waals surface area contributed by atoms with Gasteiger partial charge in [0.15, 0.2) is 5.75 Å². The smallest absolute Gasteiger partial charge is 0.339 e. The van der Waals surface area contributed by atoms with Crippen molar-refractivity contribution in [3.63, 3.8) is 0 Å². The molecule has 0 atom stereocenters. The summed E-state index contributed by atoms with van der Waals surface area (Å²) in [7, 11) is -4.04. The molecule has 0 N–H and O–H groups in total. The van der Waals surface area contributed by atoms with Crippen LogP contribution in [0.5, 0.6) is 5.75 Å². The SMILES string of the molecule is N#C/C(=C\c1cc(Br)c(OS(=O)(=O)c2ccccc2)c(Br)c1)c1ccc([N+](=O)[O-])cc1. The maximum atomic E-state index is 12.5. The Morgan fingerprint density at radius 1 is 1.03 bits per heavy atom. The monoisotopic (exact) mass is 562 g/mol. The van der Waals surface area contributed by atoms with E-state index < -0.39 is 15.0 Å². The molecule has 3 aromatic rings. The highest BCUT2D eigenvalue weighted by molar-refractivity contribution is 9.11. The Kier molecular flexibility index (Phi) is 6.90. The van der Waals surface area contributed by atoms with E-state index in [0.717, 1.165) is 0 Å². The van der Waals surface area contributed by atoms with Crippen LogP contribution in [0, 0.1) is 21.4 Å². The number of benzene rings is 3. The lowest BCUT2D eigenvalue weighted by atomic mass is 10.0. The molecule has 156 valence electrons. The Balaban J connectivity index is 1.94. The predicted molar refractivity (Wildman–Crippen MR) is 123 cm³/mol. The largest absolute Gasteiger partial charge is 0.377 e. The molecule has 0 unspecified atom stereocenters. The molecule has 0 fully saturated rings. The zero-order chi connectivity index (χ0) is 22.6. The first kappa shape index (κ1) is 22.7. The number of nitriles is 1. The van der Waals surface area contributed by atoms with E-state index in [0.29, 0.717) is 20.1 Å². The fraction of sp³-hybridized carbons (Fsp3) is 0. The summed E-state index contributed by atoms with van der Waals surface area (Å²) in [4.78, 5) is 10.3. The Bertz CT molecular complexity index is 1290. The van der Waals surface area contributed by atoms with Gasteiger partial charge in [0, 0.05) is 12.1 Å². The summed E-state index contributed by atoms with van der Waals surface area (Å²) in [6.45, 7) is 0. The molecule has 0 saturated carbocycles. The summed E-state index contributed by atoms with van der Waals surface area (Å²) < 4.78 is 31.0. The predicted octanol–water partition coefficient (Wildman–Crippen LogP) is 5.95. The highest BCUT2D eigenvalue weighted by atomic mass is 79.9. The van der Waals surface area contributed by atoms with Gasteiger partial charge in [0.05, 0.1) is 25.5 Å². The Hall–Kier alpha value is -3.00. The average Bonchev–Trinajstić information content (AvgIpc) is 2.75. The molecule has 0 aliphatic rings. The second-order valence-corrected chi connectivity index (χ2v) is 9.39. The summed E-state index contributed by atoms with van der Waals surface area (Å²) in [5.41, 5.74) is 1.29. The van der Waals surface area contributed by atoms with Crippen molar-refractivity contribution in [1.82, 2.24) is 0 Å². The van der Waals surface area contributed by atoms with Crippen LogP contribution in [-0.4, -0.2) is 13.3 Å². The van der Waals surface area contributed by atoms with Crippen molar-refractivity contribution in [2.75, 3.05) is 0 Å². The average molecular weight is 564 g/mol. The number of halogens is 2. The number of nitro groups is 1. The lowest BCUT2D eigenvalue weighted by Gasteiger charge is -2.11. The molecule has 0 bridgehead atoms. The van der Waals surface area contributed by atoms with E-state index in [2.05, 4.69) is 37.9 Å². The van der Waals surface area contributed by atoms with E-state index in [-0.39, 0.29) is 21.9 Å². The van der Waals surface area contributed by atoms with Crippen molar-refractivity contribution in [3.8, 4) is 11.8 Å². The van der Waals surface area contributed by atoms with Gasteiger partial charge in [-0.2, -0.15) is 13.7 Å². The molecule has 0 heterocycles. The van der Waals surface area contributed by atoms with Crippen LogP contribution in [-0.2, 0) is 10.1 Å². The van der Waals surface area contributed by atoms with Gasteiger partial charge >= 0.3 is 10.1 Å². The maximum absolute atomic E-state index is 12.5. The van der Waals surface area contributed by atoms with Gasteiger partial charge in [-0.25, -0.2) is 0 Å². The molecule has 0 radical (unpaired) electrons. The number of non-ortho nitro benzene ring substituents is 1. The third kappa shape index (κ3) is 5.38. The molecule has 3 aromatic carbocycles. The fourth-order valence-electron chi connectivity index (χ4n) is 2.60. The minimum Gasteiger partial charge on any atom is -0.377 e. The highest BCUT2D eigenvalue weighted by Crippen LogP contribution is 2.37. The van der Waals surface area contributed by atoms with E-state index in [1.165, 1.54) is 36.4 Å². The van der Waals surface area contributed by atoms with Crippen LogP contribution < -0.4 is 4.18 Å². The number of nitrogens with zero attached hydrogens (tertiary/aromatic N) is 2. The summed E-state index contributed by atoms with van der Waals surface area (Å²) >= 11 is 6.62. The van der Waals surface area contributed by atoms with Crippen LogP contribution in [0.25, 0.3) is 11.6 Å². The minimum absolute atomic E-state index is 0.0164. The van der Waals surface area contributed by atoms with Gasteiger partial charge in [0.25, 0.3) is 5.69 Å². The summed E-state index contributed by atoms with van der Waals surface area (Å²) in [5.74, 6) is 0.0647. The molecule has 31 heavy (non-hydrogen) atoms. The standard InChI is InChI=1S/C21H12Br2N2O5S/c22-19-11-14(10-16(13-24)15-6-8-17(9-7-15)25(26)27)12-20(23)21(19)30-31(28,29)18-4-2-1-3-5-18/h1-12H/b16-10+. The van der Waals surface area contributed by atoms with Crippen LogP contribution in [0.15, 0.2) is 80.6 Å². The van der Waals surface area contributed by atoms with Crippen LogP contribution in [0.2, 0.25) is 0 Å². The van der Waals surface area contributed by atoms with Gasteiger partial charge in [-0.15, -0.1) is 0 Å². The molecular formula is C21H12Br2N2O5S. The lowest BCUT2D eigenvalue weighted by molar-refractivity contribution is -0.384.